The van der Waals surface area contributed by atoms with E-state index in [0.29, 0.717) is 31.7 Å². The van der Waals surface area contributed by atoms with Crippen molar-refractivity contribution in [1.82, 2.24) is 4.90 Å². The number of carbonyl (C=O) groups is 2. The van der Waals surface area contributed by atoms with Gasteiger partial charge < -0.3 is 19.6 Å². The normalized spacial score (nSPS) is 17.3. The number of nitro benzene ring substituents is 1. The van der Waals surface area contributed by atoms with Crippen molar-refractivity contribution >= 4 is 23.4 Å². The van der Waals surface area contributed by atoms with Gasteiger partial charge in [0.15, 0.2) is 0 Å². The Balaban J connectivity index is 2.35. The molecule has 0 bridgehead atoms. The SMILES string of the molecule is CCOC(=O)c1cc(N2CCN(C(=O)O)C[C@H]2CC)ccc1[N+](=O)[O-]. The van der Waals surface area contributed by atoms with Gasteiger partial charge in [-0.1, -0.05) is 6.92 Å². The second-order valence-corrected chi connectivity index (χ2v) is 5.66. The smallest absolute Gasteiger partial charge is 0.407 e. The molecule has 1 saturated heterocycles. The zero-order chi connectivity index (χ0) is 18.6. The highest BCUT2D eigenvalue weighted by atomic mass is 16.6. The Morgan fingerprint density at radius 1 is 1.36 bits per heavy atom. The lowest BCUT2D eigenvalue weighted by Crippen LogP contribution is -2.54. The molecule has 1 aromatic rings. The molecule has 1 fully saturated rings. The van der Waals surface area contributed by atoms with E-state index in [-0.39, 0.29) is 23.9 Å². The van der Waals surface area contributed by atoms with Crippen LogP contribution in [0, 0.1) is 10.1 Å². The molecule has 0 aromatic heterocycles. The maximum atomic E-state index is 12.1. The van der Waals surface area contributed by atoms with Crippen LogP contribution in [0.25, 0.3) is 0 Å². The predicted molar refractivity (Wildman–Crippen MR) is 90.1 cm³/mol. The second kappa shape index (κ2) is 7.82. The van der Waals surface area contributed by atoms with Gasteiger partial charge in [-0.3, -0.25) is 10.1 Å². The summed E-state index contributed by atoms with van der Waals surface area (Å²) in [4.78, 5) is 37.1. The van der Waals surface area contributed by atoms with Crippen LogP contribution in [-0.4, -0.2) is 59.3 Å². The van der Waals surface area contributed by atoms with Gasteiger partial charge in [-0.2, -0.15) is 0 Å². The summed E-state index contributed by atoms with van der Waals surface area (Å²) in [7, 11) is 0. The average molecular weight is 351 g/mol. The van der Waals surface area contributed by atoms with Crippen molar-refractivity contribution in [1.29, 1.82) is 0 Å². The fourth-order valence-corrected chi connectivity index (χ4v) is 2.95. The molecule has 136 valence electrons. The van der Waals surface area contributed by atoms with Gasteiger partial charge in [0.1, 0.15) is 5.56 Å². The first-order chi connectivity index (χ1) is 11.9. The van der Waals surface area contributed by atoms with Gasteiger partial charge in [0.25, 0.3) is 5.69 Å². The average Bonchev–Trinajstić information content (AvgIpc) is 2.60. The number of rotatable bonds is 5. The van der Waals surface area contributed by atoms with Crippen molar-refractivity contribution in [3.05, 3.63) is 33.9 Å². The van der Waals surface area contributed by atoms with Crippen LogP contribution in [0.15, 0.2) is 18.2 Å². The first-order valence-corrected chi connectivity index (χ1v) is 8.09. The summed E-state index contributed by atoms with van der Waals surface area (Å²) in [5.41, 5.74) is 0.241. The Bertz CT molecular complexity index is 678. The second-order valence-electron chi connectivity index (χ2n) is 5.66. The quantitative estimate of drug-likeness (QED) is 0.492. The van der Waals surface area contributed by atoms with E-state index in [2.05, 4.69) is 0 Å². The Morgan fingerprint density at radius 2 is 2.08 bits per heavy atom. The highest BCUT2D eigenvalue weighted by Crippen LogP contribution is 2.29. The number of carbonyl (C=O) groups excluding carboxylic acids is 1. The van der Waals surface area contributed by atoms with Crippen molar-refractivity contribution in [3.63, 3.8) is 0 Å². The van der Waals surface area contributed by atoms with Gasteiger partial charge in [-0.05, 0) is 25.5 Å². The summed E-state index contributed by atoms with van der Waals surface area (Å²) in [6.07, 6.45) is -0.260. The van der Waals surface area contributed by atoms with Gasteiger partial charge in [0.2, 0.25) is 0 Å². The molecule has 1 aliphatic rings. The number of nitrogens with zero attached hydrogens (tertiary/aromatic N) is 3. The summed E-state index contributed by atoms with van der Waals surface area (Å²) in [6, 6.07) is 4.26. The molecular weight excluding hydrogens is 330 g/mol. The van der Waals surface area contributed by atoms with Crippen molar-refractivity contribution in [2.45, 2.75) is 26.3 Å². The van der Waals surface area contributed by atoms with Gasteiger partial charge in [0.05, 0.1) is 11.5 Å². The van der Waals surface area contributed by atoms with Crippen molar-refractivity contribution < 1.29 is 24.4 Å². The zero-order valence-corrected chi connectivity index (χ0v) is 14.2. The van der Waals surface area contributed by atoms with Crippen molar-refractivity contribution in [3.8, 4) is 0 Å². The largest absolute Gasteiger partial charge is 0.465 e. The van der Waals surface area contributed by atoms with Crippen LogP contribution in [0.4, 0.5) is 16.2 Å². The van der Waals surface area contributed by atoms with Crippen LogP contribution < -0.4 is 4.90 Å². The maximum absolute atomic E-state index is 12.1. The number of esters is 1. The standard InChI is InChI=1S/C16H21N3O6/c1-3-11-10-17(16(21)22)7-8-18(11)12-5-6-14(19(23)24)13(9-12)15(20)25-4-2/h5-6,9,11H,3-4,7-8,10H2,1-2H3,(H,21,22)/t11-/m1/s1. The summed E-state index contributed by atoms with van der Waals surface area (Å²) in [5, 5.41) is 20.3. The number of amides is 1. The van der Waals surface area contributed by atoms with Gasteiger partial charge in [0, 0.05) is 37.4 Å². The molecule has 0 aliphatic carbocycles. The molecule has 0 spiro atoms. The van der Waals surface area contributed by atoms with Crippen molar-refractivity contribution in [2.75, 3.05) is 31.1 Å². The lowest BCUT2D eigenvalue weighted by atomic mass is 10.1. The Kier molecular flexibility index (Phi) is 5.79. The maximum Gasteiger partial charge on any atom is 0.407 e. The molecule has 1 aromatic carbocycles. The highest BCUT2D eigenvalue weighted by molar-refractivity contribution is 5.95. The Morgan fingerprint density at radius 3 is 2.64 bits per heavy atom. The zero-order valence-electron chi connectivity index (χ0n) is 14.2. The number of benzene rings is 1. The number of carboxylic acid groups (broad SMARTS) is 1. The van der Waals surface area contributed by atoms with E-state index >= 15 is 0 Å². The topological polar surface area (TPSA) is 113 Å². The molecular formula is C16H21N3O6. The number of hydrogen-bond acceptors (Lipinski definition) is 6. The molecule has 1 aliphatic heterocycles. The van der Waals surface area contributed by atoms with E-state index in [0.717, 1.165) is 0 Å². The van der Waals surface area contributed by atoms with Gasteiger partial charge >= 0.3 is 12.1 Å². The number of piperazine rings is 1. The number of hydrogen-bond donors (Lipinski definition) is 1. The minimum absolute atomic E-state index is 0.0682. The van der Waals surface area contributed by atoms with Crippen LogP contribution in [0.5, 0.6) is 0 Å². The summed E-state index contributed by atoms with van der Waals surface area (Å²) >= 11 is 0. The molecule has 1 amide bonds. The lowest BCUT2D eigenvalue weighted by molar-refractivity contribution is -0.385. The van der Waals surface area contributed by atoms with Crippen molar-refractivity contribution in [2.24, 2.45) is 0 Å². The summed E-state index contributed by atoms with van der Waals surface area (Å²) in [5.74, 6) is -0.742. The van der Waals surface area contributed by atoms with E-state index in [1.54, 1.807) is 13.0 Å². The van der Waals surface area contributed by atoms with Gasteiger partial charge in [-0.25, -0.2) is 9.59 Å². The van der Waals surface area contributed by atoms with E-state index in [1.165, 1.54) is 17.0 Å². The number of anilines is 1. The third kappa shape index (κ3) is 3.98. The first-order valence-electron chi connectivity index (χ1n) is 8.09. The number of nitro groups is 1. The predicted octanol–water partition coefficient (Wildman–Crippen LogP) is 2.35. The van der Waals surface area contributed by atoms with Crippen LogP contribution in [0.3, 0.4) is 0 Å². The fraction of sp³-hybridized carbons (Fsp3) is 0.500. The Labute approximate surface area is 144 Å². The molecule has 1 N–H and O–H groups in total. The van der Waals surface area contributed by atoms with E-state index in [4.69, 9.17) is 9.84 Å². The van der Waals surface area contributed by atoms with Crippen LogP contribution in [0.2, 0.25) is 0 Å². The minimum Gasteiger partial charge on any atom is -0.465 e. The monoisotopic (exact) mass is 351 g/mol. The van der Waals surface area contributed by atoms with E-state index in [1.807, 2.05) is 11.8 Å². The molecule has 0 saturated carbocycles. The van der Waals surface area contributed by atoms with Crippen LogP contribution in [0.1, 0.15) is 30.6 Å². The highest BCUT2D eigenvalue weighted by Gasteiger charge is 2.30. The molecule has 0 unspecified atom stereocenters. The summed E-state index contributed by atoms with van der Waals surface area (Å²) < 4.78 is 4.91. The third-order valence-corrected chi connectivity index (χ3v) is 4.23. The fourth-order valence-electron chi connectivity index (χ4n) is 2.95. The van der Waals surface area contributed by atoms with E-state index < -0.39 is 17.0 Å². The van der Waals surface area contributed by atoms with Crippen LogP contribution >= 0.6 is 0 Å². The molecule has 2 rings (SSSR count). The third-order valence-electron chi connectivity index (χ3n) is 4.23. The molecule has 1 atom stereocenters. The first kappa shape index (κ1) is 18.5. The lowest BCUT2D eigenvalue weighted by Gasteiger charge is -2.41. The molecule has 9 nitrogen and oxygen atoms in total. The summed E-state index contributed by atoms with van der Waals surface area (Å²) in [6.45, 7) is 4.82. The molecule has 9 heteroatoms. The Hall–Kier alpha value is -2.84. The van der Waals surface area contributed by atoms with Crippen LogP contribution in [-0.2, 0) is 4.74 Å². The molecule has 25 heavy (non-hydrogen) atoms. The molecule has 0 radical (unpaired) electrons. The minimum atomic E-state index is -0.964. The van der Waals surface area contributed by atoms with Gasteiger partial charge in [-0.15, -0.1) is 0 Å². The van der Waals surface area contributed by atoms with E-state index in [9.17, 15) is 19.7 Å². The number of ether oxygens (including phenoxy) is 1. The molecule has 1 heterocycles.